The van der Waals surface area contributed by atoms with E-state index < -0.39 is 11.9 Å². The molecule has 1 aliphatic carbocycles. The number of carbonyl (C=O) groups is 2. The molecule has 0 aromatic carbocycles. The van der Waals surface area contributed by atoms with Crippen LogP contribution in [0.15, 0.2) is 0 Å². The molecule has 1 amide bonds. The van der Waals surface area contributed by atoms with Gasteiger partial charge in [0.05, 0.1) is 19.1 Å². The standard InChI is InChI=1S/C15H25NO4/c1-15(4-2-3-5-15)11-12(14(18)19)10-13(17)16-6-8-20-9-7-16/h12H,2-11H2,1H3,(H,18,19). The number of carboxylic acids is 1. The van der Waals surface area contributed by atoms with Gasteiger partial charge in [-0.2, -0.15) is 0 Å². The predicted octanol–water partition coefficient (Wildman–Crippen LogP) is 1.91. The van der Waals surface area contributed by atoms with Crippen molar-refractivity contribution >= 4 is 11.9 Å². The molecule has 5 nitrogen and oxygen atoms in total. The Morgan fingerprint density at radius 2 is 1.85 bits per heavy atom. The number of aliphatic carboxylic acids is 1. The lowest BCUT2D eigenvalue weighted by molar-refractivity contribution is -0.148. The maximum absolute atomic E-state index is 12.2. The zero-order chi connectivity index (χ0) is 14.6. The lowest BCUT2D eigenvalue weighted by atomic mass is 9.78. The van der Waals surface area contributed by atoms with E-state index in [-0.39, 0.29) is 17.7 Å². The fraction of sp³-hybridized carbons (Fsp3) is 0.867. The number of rotatable bonds is 5. The number of ether oxygens (including phenoxy) is 1. The first-order valence-corrected chi connectivity index (χ1v) is 7.58. The Hall–Kier alpha value is -1.10. The molecule has 1 saturated heterocycles. The Labute approximate surface area is 120 Å². The van der Waals surface area contributed by atoms with Crippen molar-refractivity contribution in [2.75, 3.05) is 26.3 Å². The van der Waals surface area contributed by atoms with Crippen molar-refractivity contribution in [1.82, 2.24) is 4.90 Å². The molecule has 0 aromatic heterocycles. The highest BCUT2D eigenvalue weighted by atomic mass is 16.5. The van der Waals surface area contributed by atoms with Gasteiger partial charge in [-0.05, 0) is 24.7 Å². The molecule has 114 valence electrons. The fourth-order valence-electron chi connectivity index (χ4n) is 3.43. The van der Waals surface area contributed by atoms with Crippen LogP contribution < -0.4 is 0 Å². The summed E-state index contributed by atoms with van der Waals surface area (Å²) in [5.74, 6) is -1.42. The van der Waals surface area contributed by atoms with Gasteiger partial charge in [-0.25, -0.2) is 0 Å². The van der Waals surface area contributed by atoms with Gasteiger partial charge in [-0.1, -0.05) is 19.8 Å². The Morgan fingerprint density at radius 3 is 2.40 bits per heavy atom. The third kappa shape index (κ3) is 3.95. The summed E-state index contributed by atoms with van der Waals surface area (Å²) in [7, 11) is 0. The zero-order valence-electron chi connectivity index (χ0n) is 12.3. The normalized spacial score (nSPS) is 23.6. The van der Waals surface area contributed by atoms with Gasteiger partial charge < -0.3 is 14.7 Å². The van der Waals surface area contributed by atoms with Gasteiger partial charge in [0, 0.05) is 19.5 Å². The third-order valence-corrected chi connectivity index (χ3v) is 4.68. The van der Waals surface area contributed by atoms with Gasteiger partial charge >= 0.3 is 5.97 Å². The van der Waals surface area contributed by atoms with Crippen LogP contribution in [0.5, 0.6) is 0 Å². The third-order valence-electron chi connectivity index (χ3n) is 4.68. The van der Waals surface area contributed by atoms with Gasteiger partial charge in [0.2, 0.25) is 5.91 Å². The van der Waals surface area contributed by atoms with E-state index in [9.17, 15) is 14.7 Å². The molecule has 1 heterocycles. The number of carbonyl (C=O) groups excluding carboxylic acids is 1. The number of carboxylic acid groups (broad SMARTS) is 1. The molecule has 0 aromatic rings. The van der Waals surface area contributed by atoms with Crippen molar-refractivity contribution in [2.24, 2.45) is 11.3 Å². The first-order valence-electron chi connectivity index (χ1n) is 7.58. The van der Waals surface area contributed by atoms with E-state index >= 15 is 0 Å². The van der Waals surface area contributed by atoms with Crippen molar-refractivity contribution in [3.05, 3.63) is 0 Å². The monoisotopic (exact) mass is 283 g/mol. The summed E-state index contributed by atoms with van der Waals surface area (Å²) in [5, 5.41) is 9.40. The molecular formula is C15H25NO4. The number of morpholine rings is 1. The molecule has 1 saturated carbocycles. The highest BCUT2D eigenvalue weighted by Gasteiger charge is 2.35. The quantitative estimate of drug-likeness (QED) is 0.837. The van der Waals surface area contributed by atoms with Gasteiger partial charge in [-0.15, -0.1) is 0 Å². The van der Waals surface area contributed by atoms with Crippen molar-refractivity contribution in [2.45, 2.75) is 45.4 Å². The zero-order valence-corrected chi connectivity index (χ0v) is 12.3. The van der Waals surface area contributed by atoms with E-state index in [1.54, 1.807) is 4.90 Å². The highest BCUT2D eigenvalue weighted by molar-refractivity contribution is 5.82. The van der Waals surface area contributed by atoms with E-state index in [2.05, 4.69) is 6.92 Å². The molecule has 2 fully saturated rings. The maximum atomic E-state index is 12.2. The van der Waals surface area contributed by atoms with E-state index in [0.717, 1.165) is 12.8 Å². The van der Waals surface area contributed by atoms with Gasteiger partial charge in [0.15, 0.2) is 0 Å². The largest absolute Gasteiger partial charge is 0.481 e. The van der Waals surface area contributed by atoms with Crippen molar-refractivity contribution in [1.29, 1.82) is 0 Å². The molecule has 1 atom stereocenters. The number of hydrogen-bond acceptors (Lipinski definition) is 3. The first-order chi connectivity index (χ1) is 9.50. The molecule has 0 radical (unpaired) electrons. The van der Waals surface area contributed by atoms with E-state index in [1.165, 1.54) is 12.8 Å². The fourth-order valence-corrected chi connectivity index (χ4v) is 3.43. The summed E-state index contributed by atoms with van der Waals surface area (Å²) in [5.41, 5.74) is 0.106. The minimum absolute atomic E-state index is 0.0395. The van der Waals surface area contributed by atoms with Crippen LogP contribution in [0.1, 0.15) is 45.4 Å². The van der Waals surface area contributed by atoms with Crippen LogP contribution in [0.25, 0.3) is 0 Å². The summed E-state index contributed by atoms with van der Waals surface area (Å²) in [4.78, 5) is 25.4. The summed E-state index contributed by atoms with van der Waals surface area (Å²) < 4.78 is 5.22. The number of amides is 1. The van der Waals surface area contributed by atoms with Crippen LogP contribution in [0.4, 0.5) is 0 Å². The first kappa shape index (κ1) is 15.3. The summed E-state index contributed by atoms with van der Waals surface area (Å²) in [6, 6.07) is 0. The van der Waals surface area contributed by atoms with Crippen LogP contribution in [-0.4, -0.2) is 48.2 Å². The summed E-state index contributed by atoms with van der Waals surface area (Å²) in [6.07, 6.45) is 5.29. The topological polar surface area (TPSA) is 66.8 Å². The van der Waals surface area contributed by atoms with Crippen LogP contribution in [0, 0.1) is 11.3 Å². The van der Waals surface area contributed by atoms with Crippen LogP contribution in [0.2, 0.25) is 0 Å². The Bertz CT molecular complexity index is 357. The molecule has 2 rings (SSSR count). The lowest BCUT2D eigenvalue weighted by Gasteiger charge is -2.30. The second kappa shape index (κ2) is 6.57. The highest BCUT2D eigenvalue weighted by Crippen LogP contribution is 2.43. The van der Waals surface area contributed by atoms with E-state index in [1.807, 2.05) is 0 Å². The van der Waals surface area contributed by atoms with Gasteiger partial charge in [0.1, 0.15) is 0 Å². The van der Waals surface area contributed by atoms with Crippen molar-refractivity contribution < 1.29 is 19.4 Å². The number of nitrogens with zero attached hydrogens (tertiary/aromatic N) is 1. The molecular weight excluding hydrogens is 258 g/mol. The maximum Gasteiger partial charge on any atom is 0.307 e. The molecule has 0 spiro atoms. The second-order valence-corrected chi connectivity index (χ2v) is 6.45. The smallest absolute Gasteiger partial charge is 0.307 e. The van der Waals surface area contributed by atoms with Crippen LogP contribution in [-0.2, 0) is 14.3 Å². The van der Waals surface area contributed by atoms with Crippen molar-refractivity contribution in [3.63, 3.8) is 0 Å². The minimum Gasteiger partial charge on any atom is -0.481 e. The Morgan fingerprint density at radius 1 is 1.25 bits per heavy atom. The minimum atomic E-state index is -0.834. The molecule has 0 bridgehead atoms. The Kier molecular flexibility index (Phi) is 5.02. The molecule has 1 aliphatic heterocycles. The van der Waals surface area contributed by atoms with Gasteiger partial charge in [0.25, 0.3) is 0 Å². The van der Waals surface area contributed by atoms with Crippen molar-refractivity contribution in [3.8, 4) is 0 Å². The number of hydrogen-bond donors (Lipinski definition) is 1. The van der Waals surface area contributed by atoms with E-state index in [4.69, 9.17) is 4.74 Å². The van der Waals surface area contributed by atoms with Gasteiger partial charge in [-0.3, -0.25) is 9.59 Å². The molecule has 5 heteroatoms. The predicted molar refractivity (Wildman–Crippen MR) is 74.3 cm³/mol. The Balaban J connectivity index is 1.91. The molecule has 20 heavy (non-hydrogen) atoms. The molecule has 1 N–H and O–H groups in total. The second-order valence-electron chi connectivity index (χ2n) is 6.45. The average Bonchev–Trinajstić information content (AvgIpc) is 2.85. The van der Waals surface area contributed by atoms with E-state index in [0.29, 0.717) is 32.7 Å². The summed E-state index contributed by atoms with van der Waals surface area (Å²) in [6.45, 7) is 4.45. The van der Waals surface area contributed by atoms with Crippen LogP contribution in [0.3, 0.4) is 0 Å². The summed E-state index contributed by atoms with van der Waals surface area (Å²) >= 11 is 0. The average molecular weight is 283 g/mol. The molecule has 2 aliphatic rings. The van der Waals surface area contributed by atoms with Crippen LogP contribution >= 0.6 is 0 Å². The SMILES string of the molecule is CC1(CC(CC(=O)N2CCOCC2)C(=O)O)CCCC1. The molecule has 1 unspecified atom stereocenters. The lowest BCUT2D eigenvalue weighted by Crippen LogP contribution is -2.42.